The number of hydrogen-bond acceptors (Lipinski definition) is 3. The molecular weight excluding hydrogens is 256 g/mol. The second kappa shape index (κ2) is 4.88. The molecule has 1 unspecified atom stereocenters. The van der Waals surface area contributed by atoms with Gasteiger partial charge >= 0.3 is 0 Å². The number of thioether (sulfide) groups is 1. The van der Waals surface area contributed by atoms with E-state index in [9.17, 15) is 4.79 Å². The first-order valence-electron chi connectivity index (χ1n) is 5.49. The maximum Gasteiger partial charge on any atom is 0.238 e. The Hall–Kier alpha value is -0.710. The van der Waals surface area contributed by atoms with E-state index in [-0.39, 0.29) is 5.92 Å². The Labute approximate surface area is 110 Å². The highest BCUT2D eigenvalue weighted by atomic mass is 35.5. The van der Waals surface area contributed by atoms with Gasteiger partial charge in [0.15, 0.2) is 0 Å². The van der Waals surface area contributed by atoms with E-state index in [4.69, 9.17) is 23.1 Å². The Morgan fingerprint density at radius 3 is 2.76 bits per heavy atom. The first kappa shape index (κ1) is 12.7. The number of halogens is 1. The summed E-state index contributed by atoms with van der Waals surface area (Å²) in [4.78, 5) is 12.5. The largest absolute Gasteiger partial charge is 0.368 e. The van der Waals surface area contributed by atoms with Crippen LogP contribution in [-0.4, -0.2) is 17.2 Å². The fraction of sp³-hybridized carbons (Fsp3) is 0.417. The van der Waals surface area contributed by atoms with Gasteiger partial charge in [0.05, 0.1) is 0 Å². The molecule has 0 bridgehead atoms. The van der Waals surface area contributed by atoms with Gasteiger partial charge in [-0.15, -0.1) is 11.8 Å². The van der Waals surface area contributed by atoms with Crippen LogP contribution in [0.15, 0.2) is 29.2 Å². The lowest BCUT2D eigenvalue weighted by Gasteiger charge is -2.25. The van der Waals surface area contributed by atoms with E-state index in [1.165, 1.54) is 11.8 Å². The van der Waals surface area contributed by atoms with Crippen molar-refractivity contribution < 1.29 is 4.79 Å². The number of amides is 1. The van der Waals surface area contributed by atoms with Crippen molar-refractivity contribution in [1.82, 2.24) is 0 Å². The van der Waals surface area contributed by atoms with Gasteiger partial charge in [0.25, 0.3) is 0 Å². The number of rotatable bonds is 5. The molecule has 0 aliphatic heterocycles. The highest BCUT2D eigenvalue weighted by molar-refractivity contribution is 7.99. The van der Waals surface area contributed by atoms with Crippen molar-refractivity contribution in [2.24, 2.45) is 17.4 Å². The first-order chi connectivity index (χ1) is 8.02. The maximum atomic E-state index is 11.4. The molecule has 5 heteroatoms. The lowest BCUT2D eigenvalue weighted by molar-refractivity contribution is -0.123. The second-order valence-electron chi connectivity index (χ2n) is 4.42. The predicted octanol–water partition coefficient (Wildman–Crippen LogP) is 2.02. The molecule has 1 saturated carbocycles. The van der Waals surface area contributed by atoms with Crippen LogP contribution in [0.25, 0.3) is 0 Å². The third-order valence-corrected chi connectivity index (χ3v) is 4.48. The van der Waals surface area contributed by atoms with E-state index in [2.05, 4.69) is 0 Å². The van der Waals surface area contributed by atoms with Crippen LogP contribution in [0.3, 0.4) is 0 Å². The molecule has 1 aliphatic rings. The molecule has 1 amide bonds. The van der Waals surface area contributed by atoms with Gasteiger partial charge in [-0.3, -0.25) is 4.79 Å². The van der Waals surface area contributed by atoms with Gasteiger partial charge in [0.1, 0.15) is 5.54 Å². The number of carbonyl (C=O) groups is 1. The molecule has 92 valence electrons. The number of nitrogens with two attached hydrogens (primary N) is 2. The molecule has 0 saturated heterocycles. The zero-order valence-corrected chi connectivity index (χ0v) is 10.9. The molecule has 1 atom stereocenters. The normalized spacial score (nSPS) is 18.7. The Balaban J connectivity index is 2.03. The van der Waals surface area contributed by atoms with Crippen LogP contribution in [0.5, 0.6) is 0 Å². The van der Waals surface area contributed by atoms with E-state index in [1.807, 2.05) is 24.3 Å². The summed E-state index contributed by atoms with van der Waals surface area (Å²) in [5, 5.41) is 0.683. The molecule has 17 heavy (non-hydrogen) atoms. The highest BCUT2D eigenvalue weighted by Gasteiger charge is 2.46. The van der Waals surface area contributed by atoms with Gasteiger partial charge in [-0.05, 0) is 37.0 Å². The number of hydrogen-bond donors (Lipinski definition) is 2. The van der Waals surface area contributed by atoms with Crippen LogP contribution in [0, 0.1) is 5.92 Å². The van der Waals surface area contributed by atoms with Crippen molar-refractivity contribution in [3.8, 4) is 0 Å². The van der Waals surface area contributed by atoms with Gasteiger partial charge in [0, 0.05) is 15.7 Å². The lowest BCUT2D eigenvalue weighted by Crippen LogP contribution is -2.56. The van der Waals surface area contributed by atoms with Crippen LogP contribution in [0.2, 0.25) is 5.02 Å². The minimum Gasteiger partial charge on any atom is -0.368 e. The lowest BCUT2D eigenvalue weighted by atomic mass is 9.96. The van der Waals surface area contributed by atoms with E-state index in [1.54, 1.807) is 0 Å². The first-order valence-corrected chi connectivity index (χ1v) is 6.86. The molecule has 4 N–H and O–H groups in total. The van der Waals surface area contributed by atoms with E-state index in [0.717, 1.165) is 17.7 Å². The van der Waals surface area contributed by atoms with Crippen molar-refractivity contribution in [2.45, 2.75) is 23.3 Å². The van der Waals surface area contributed by atoms with Crippen molar-refractivity contribution >= 4 is 29.3 Å². The van der Waals surface area contributed by atoms with Crippen molar-refractivity contribution in [3.05, 3.63) is 29.3 Å². The van der Waals surface area contributed by atoms with Gasteiger partial charge < -0.3 is 11.5 Å². The van der Waals surface area contributed by atoms with Crippen LogP contribution in [-0.2, 0) is 4.79 Å². The van der Waals surface area contributed by atoms with Gasteiger partial charge in [-0.1, -0.05) is 17.7 Å². The number of benzene rings is 1. The Morgan fingerprint density at radius 1 is 1.53 bits per heavy atom. The smallest absolute Gasteiger partial charge is 0.238 e. The molecule has 1 aromatic carbocycles. The fourth-order valence-corrected chi connectivity index (χ4v) is 3.17. The molecule has 0 radical (unpaired) electrons. The van der Waals surface area contributed by atoms with E-state index >= 15 is 0 Å². The summed E-state index contributed by atoms with van der Waals surface area (Å²) >= 11 is 7.42. The zero-order valence-electron chi connectivity index (χ0n) is 9.36. The molecular formula is C12H15ClN2OS. The van der Waals surface area contributed by atoms with Gasteiger partial charge in [0.2, 0.25) is 5.91 Å². The van der Waals surface area contributed by atoms with Crippen LogP contribution < -0.4 is 11.5 Å². The average molecular weight is 271 g/mol. The predicted molar refractivity (Wildman–Crippen MR) is 71.0 cm³/mol. The van der Waals surface area contributed by atoms with Crippen molar-refractivity contribution in [1.29, 1.82) is 0 Å². The molecule has 1 fully saturated rings. The summed E-state index contributed by atoms with van der Waals surface area (Å²) in [7, 11) is 0. The molecule has 1 aromatic rings. The van der Waals surface area contributed by atoms with Gasteiger partial charge in [-0.25, -0.2) is 0 Å². The summed E-state index contributed by atoms with van der Waals surface area (Å²) in [5.41, 5.74) is 10.6. The van der Waals surface area contributed by atoms with E-state index < -0.39 is 11.4 Å². The summed E-state index contributed by atoms with van der Waals surface area (Å²) in [6, 6.07) is 7.51. The summed E-state index contributed by atoms with van der Waals surface area (Å²) in [6.07, 6.45) is 1.99. The monoisotopic (exact) mass is 270 g/mol. The third kappa shape index (κ3) is 2.94. The Kier molecular flexibility index (Phi) is 3.66. The Morgan fingerprint density at radius 2 is 2.24 bits per heavy atom. The molecule has 3 nitrogen and oxygen atoms in total. The highest BCUT2D eigenvalue weighted by Crippen LogP contribution is 2.40. The maximum absolute atomic E-state index is 11.4. The molecule has 0 heterocycles. The third-order valence-electron chi connectivity index (χ3n) is 3.04. The van der Waals surface area contributed by atoms with Crippen molar-refractivity contribution in [3.63, 3.8) is 0 Å². The quantitative estimate of drug-likeness (QED) is 0.805. The van der Waals surface area contributed by atoms with Crippen molar-refractivity contribution in [2.75, 3.05) is 5.75 Å². The molecule has 0 spiro atoms. The second-order valence-corrected chi connectivity index (χ2v) is 5.91. The zero-order chi connectivity index (χ0) is 12.5. The Bertz CT molecular complexity index is 436. The van der Waals surface area contributed by atoms with Gasteiger partial charge in [-0.2, -0.15) is 0 Å². The number of primary amides is 1. The topological polar surface area (TPSA) is 69.1 Å². The number of carbonyl (C=O) groups excluding carboxylic acids is 1. The SMILES string of the molecule is NC(=O)C(N)(CSc1cccc(Cl)c1)C1CC1. The fourth-order valence-electron chi connectivity index (χ4n) is 1.75. The van der Waals surface area contributed by atoms with Crippen LogP contribution in [0.4, 0.5) is 0 Å². The summed E-state index contributed by atoms with van der Waals surface area (Å²) < 4.78 is 0. The van der Waals surface area contributed by atoms with Crippen LogP contribution >= 0.6 is 23.4 Å². The standard InChI is InChI=1S/C12H15ClN2OS/c13-9-2-1-3-10(6-9)17-7-12(15,11(14)16)8-4-5-8/h1-3,6,8H,4-5,7,15H2,(H2,14,16). The van der Waals surface area contributed by atoms with E-state index in [0.29, 0.717) is 10.8 Å². The average Bonchev–Trinajstić information content (AvgIpc) is 3.09. The minimum atomic E-state index is -0.882. The molecule has 2 rings (SSSR count). The minimum absolute atomic E-state index is 0.242. The summed E-state index contributed by atoms with van der Waals surface area (Å²) in [6.45, 7) is 0. The molecule has 1 aliphatic carbocycles. The van der Waals surface area contributed by atoms with Crippen LogP contribution in [0.1, 0.15) is 12.8 Å². The summed E-state index contributed by atoms with van der Waals surface area (Å²) in [5.74, 6) is 0.342. The molecule has 0 aromatic heterocycles.